The molecule has 0 aliphatic heterocycles. The maximum Gasteiger partial charge on any atom is 0.480 e. The molecule has 8 nitrogen and oxygen atoms in total. The largest absolute Gasteiger partial charge is 0.480 e. The van der Waals surface area contributed by atoms with E-state index < -0.39 is 31.1 Å². The number of nitrogens with zero attached hydrogens (tertiary/aromatic N) is 2. The fourth-order valence-corrected chi connectivity index (χ4v) is 3.73. The number of ether oxygens (including phenoxy) is 1. The van der Waals surface area contributed by atoms with Gasteiger partial charge in [-0.05, 0) is 24.1 Å². The van der Waals surface area contributed by atoms with Crippen LogP contribution in [-0.2, 0) is 31.4 Å². The van der Waals surface area contributed by atoms with Crippen molar-refractivity contribution in [3.8, 4) is 0 Å². The van der Waals surface area contributed by atoms with Crippen LogP contribution in [0.4, 0.5) is 26.3 Å². The maximum atomic E-state index is 11.4. The van der Waals surface area contributed by atoms with Crippen LogP contribution in [0, 0.1) is 6.92 Å². The van der Waals surface area contributed by atoms with Gasteiger partial charge in [-0.15, -0.1) is 0 Å². The van der Waals surface area contributed by atoms with E-state index in [-0.39, 0.29) is 0 Å². The van der Waals surface area contributed by atoms with E-state index in [2.05, 4.69) is 6.58 Å². The third-order valence-electron chi connectivity index (χ3n) is 3.46. The average Bonchev–Trinajstić information content (AvgIpc) is 2.69. The van der Waals surface area contributed by atoms with Gasteiger partial charge in [0.2, 0.25) is 12.4 Å². The van der Waals surface area contributed by atoms with E-state index in [0.717, 1.165) is 9.69 Å². The van der Waals surface area contributed by atoms with Crippen molar-refractivity contribution in [3.05, 3.63) is 81.4 Å². The second-order valence-electron chi connectivity index (χ2n) is 6.37. The number of alkyl halides is 6. The van der Waals surface area contributed by atoms with Gasteiger partial charge in [0.15, 0.2) is 25.8 Å². The van der Waals surface area contributed by atoms with Gasteiger partial charge in [0.25, 0.3) is 0 Å². The zero-order valence-electron chi connectivity index (χ0n) is 17.5. The molecular formula is C18H17ClF6N2O6S2. The monoisotopic (exact) mass is 570 g/mol. The van der Waals surface area contributed by atoms with Crippen molar-refractivity contribution < 1.29 is 57.5 Å². The number of rotatable bonds is 8. The van der Waals surface area contributed by atoms with Crippen LogP contribution in [0.15, 0.2) is 61.1 Å². The van der Waals surface area contributed by atoms with Crippen molar-refractivity contribution in [2.75, 3.05) is 6.61 Å². The summed E-state index contributed by atoms with van der Waals surface area (Å²) in [6, 6.07) is 11.5. The SMILES string of the molecule is C=C(COCc1ccccc1Cl)O[n+]1ccc(C)cc1.O=S(=O)([N-]S(=O)(=O)C(F)(F)F)C(F)(F)F. The number of pyridine rings is 1. The molecule has 0 spiro atoms. The lowest BCUT2D eigenvalue weighted by Gasteiger charge is -2.22. The van der Waals surface area contributed by atoms with Crippen molar-refractivity contribution in [1.82, 2.24) is 0 Å². The van der Waals surface area contributed by atoms with Crippen molar-refractivity contribution in [1.29, 1.82) is 0 Å². The second kappa shape index (κ2) is 12.0. The summed E-state index contributed by atoms with van der Waals surface area (Å²) in [5.74, 6) is 0.533. The molecule has 0 fully saturated rings. The molecule has 0 amide bonds. The fourth-order valence-electron chi connectivity index (χ4n) is 1.83. The Hall–Kier alpha value is -2.40. The highest BCUT2D eigenvalue weighted by atomic mass is 35.5. The quantitative estimate of drug-likeness (QED) is 0.268. The normalized spacial score (nSPS) is 12.5. The lowest BCUT2D eigenvalue weighted by Crippen LogP contribution is -2.41. The van der Waals surface area contributed by atoms with Gasteiger partial charge in [-0.2, -0.15) is 26.3 Å². The van der Waals surface area contributed by atoms with E-state index in [4.69, 9.17) is 21.2 Å². The molecule has 1 aromatic carbocycles. The molecule has 35 heavy (non-hydrogen) atoms. The van der Waals surface area contributed by atoms with Crippen molar-refractivity contribution >= 4 is 31.6 Å². The molecule has 196 valence electrons. The predicted molar refractivity (Wildman–Crippen MR) is 112 cm³/mol. The Morgan fingerprint density at radius 1 is 0.971 bits per heavy atom. The molecule has 1 aromatic heterocycles. The van der Waals surface area contributed by atoms with E-state index in [1.165, 1.54) is 5.56 Å². The summed E-state index contributed by atoms with van der Waals surface area (Å²) in [7, 11) is -13.4. The van der Waals surface area contributed by atoms with Gasteiger partial charge < -0.3 is 8.86 Å². The number of hydrogen-bond acceptors (Lipinski definition) is 6. The number of halogens is 7. The van der Waals surface area contributed by atoms with E-state index >= 15 is 0 Å². The van der Waals surface area contributed by atoms with E-state index in [1.807, 2.05) is 55.7 Å². The molecule has 0 atom stereocenters. The van der Waals surface area contributed by atoms with Gasteiger partial charge in [-0.1, -0.05) is 36.4 Å². The van der Waals surface area contributed by atoms with Crippen LogP contribution < -0.4 is 9.57 Å². The number of aryl methyl sites for hydroxylation is 1. The Morgan fingerprint density at radius 2 is 1.46 bits per heavy atom. The molecule has 0 bridgehead atoms. The molecule has 0 saturated carbocycles. The van der Waals surface area contributed by atoms with Crippen molar-refractivity contribution in [2.45, 2.75) is 24.5 Å². The highest BCUT2D eigenvalue weighted by Crippen LogP contribution is 2.36. The Labute approximate surface area is 201 Å². The minimum Gasteiger partial charge on any atom is -0.421 e. The van der Waals surface area contributed by atoms with E-state index in [1.54, 1.807) is 4.73 Å². The van der Waals surface area contributed by atoms with E-state index in [9.17, 15) is 43.2 Å². The van der Waals surface area contributed by atoms with Crippen LogP contribution in [0.1, 0.15) is 11.1 Å². The predicted octanol–water partition coefficient (Wildman–Crippen LogP) is 4.15. The standard InChI is InChI=1S/C16H17ClNO2.C2F6NO4S2/c1-13-7-9-18(10-8-13)20-14(2)11-19-12-15-5-3-4-6-16(15)17;3-1(4,5)14(10,11)9-15(12,13)2(6,7)8/h3-10H,2,11-12H2,1H3;/q+1;-1. The molecule has 0 aliphatic carbocycles. The molecule has 0 radical (unpaired) electrons. The number of hydrogen-bond donors (Lipinski definition) is 0. The van der Waals surface area contributed by atoms with Gasteiger partial charge in [0, 0.05) is 21.9 Å². The summed E-state index contributed by atoms with van der Waals surface area (Å²) < 4.78 is 116. The minimum atomic E-state index is -6.72. The highest BCUT2D eigenvalue weighted by molar-refractivity contribution is 8.13. The average molecular weight is 571 g/mol. The number of sulfonamides is 2. The summed E-state index contributed by atoms with van der Waals surface area (Å²) in [6.07, 6.45) is 3.66. The molecule has 0 N–H and O–H groups in total. The Kier molecular flexibility index (Phi) is 10.5. The molecule has 17 heteroatoms. The fraction of sp³-hybridized carbons (Fsp3) is 0.278. The maximum absolute atomic E-state index is 11.4. The lowest BCUT2D eigenvalue weighted by atomic mass is 10.2. The third kappa shape index (κ3) is 10.0. The molecule has 2 aromatic rings. The van der Waals surface area contributed by atoms with Crippen LogP contribution in [0.5, 0.6) is 0 Å². The second-order valence-corrected chi connectivity index (χ2v) is 10.2. The molecule has 2 rings (SSSR count). The van der Waals surface area contributed by atoms with Crippen LogP contribution in [0.2, 0.25) is 5.02 Å². The first-order valence-electron chi connectivity index (χ1n) is 8.88. The Balaban J connectivity index is 0.000000367. The van der Waals surface area contributed by atoms with Crippen LogP contribution in [0.25, 0.3) is 4.13 Å². The lowest BCUT2D eigenvalue weighted by molar-refractivity contribution is -0.880. The Bertz CT molecular complexity index is 1180. The Morgan fingerprint density at radius 3 is 1.91 bits per heavy atom. The molecule has 0 aliphatic rings. The van der Waals surface area contributed by atoms with Crippen LogP contribution >= 0.6 is 11.6 Å². The first kappa shape index (κ1) is 30.6. The minimum absolute atomic E-state index is 0.312. The van der Waals surface area contributed by atoms with Crippen LogP contribution in [-0.4, -0.2) is 34.5 Å². The summed E-state index contributed by atoms with van der Waals surface area (Å²) in [4.78, 5) is 5.50. The zero-order valence-corrected chi connectivity index (χ0v) is 19.9. The number of benzene rings is 1. The topological polar surface area (TPSA) is 105 Å². The van der Waals surface area contributed by atoms with Gasteiger partial charge >= 0.3 is 11.0 Å². The molecule has 0 unspecified atom stereocenters. The first-order valence-corrected chi connectivity index (χ1v) is 12.1. The van der Waals surface area contributed by atoms with Gasteiger partial charge in [0.1, 0.15) is 6.61 Å². The highest BCUT2D eigenvalue weighted by Gasteiger charge is 2.46. The summed E-state index contributed by atoms with van der Waals surface area (Å²) in [5, 5.41) is 0.701. The van der Waals surface area contributed by atoms with Gasteiger partial charge in [-0.25, -0.2) is 21.7 Å². The molecule has 1 heterocycles. The van der Waals surface area contributed by atoms with Crippen molar-refractivity contribution in [3.63, 3.8) is 0 Å². The summed E-state index contributed by atoms with van der Waals surface area (Å²) >= 11 is 6.05. The summed E-state index contributed by atoms with van der Waals surface area (Å²) in [6.45, 7) is 6.59. The zero-order chi connectivity index (χ0) is 27.1. The smallest absolute Gasteiger partial charge is 0.421 e. The van der Waals surface area contributed by atoms with Crippen LogP contribution in [0.3, 0.4) is 0 Å². The first-order chi connectivity index (χ1) is 15.9. The summed E-state index contributed by atoms with van der Waals surface area (Å²) in [5.41, 5.74) is -10.3. The number of aromatic nitrogens is 1. The van der Waals surface area contributed by atoms with Crippen molar-refractivity contribution in [2.24, 2.45) is 0 Å². The van der Waals surface area contributed by atoms with Gasteiger partial charge in [-0.3, -0.25) is 0 Å². The van der Waals surface area contributed by atoms with Gasteiger partial charge in [0.05, 0.1) is 6.61 Å². The third-order valence-corrected chi connectivity index (χ3v) is 6.57. The molecular weight excluding hydrogens is 554 g/mol. The molecule has 0 saturated heterocycles. The van der Waals surface area contributed by atoms with E-state index in [0.29, 0.717) is 24.0 Å².